The third-order valence-electron chi connectivity index (χ3n) is 5.46. The molecule has 3 N–H and O–H groups in total. The largest absolute Gasteiger partial charge is 0.403 e. The second kappa shape index (κ2) is 8.37. The van der Waals surface area contributed by atoms with Gasteiger partial charge < -0.3 is 20.9 Å². The summed E-state index contributed by atoms with van der Waals surface area (Å²) in [4.78, 5) is 33.0. The molecule has 1 atom stereocenters. The lowest BCUT2D eigenvalue weighted by molar-refractivity contribution is 0.0833. The van der Waals surface area contributed by atoms with Crippen LogP contribution in [0.5, 0.6) is 0 Å². The Bertz CT molecular complexity index is 1140. The first-order chi connectivity index (χ1) is 15.3. The van der Waals surface area contributed by atoms with Gasteiger partial charge in [-0.25, -0.2) is 18.0 Å². The monoisotopic (exact) mass is 443 g/mol. The number of carbonyl (C=O) groups is 2. The lowest BCUT2D eigenvalue weighted by Crippen LogP contribution is -2.50. The Kier molecular flexibility index (Phi) is 5.60. The Labute approximate surface area is 182 Å². The summed E-state index contributed by atoms with van der Waals surface area (Å²) in [5.74, 6) is -4.64. The van der Waals surface area contributed by atoms with E-state index in [4.69, 9.17) is 5.73 Å². The van der Waals surface area contributed by atoms with Crippen molar-refractivity contribution in [2.45, 2.75) is 19.5 Å². The van der Waals surface area contributed by atoms with E-state index >= 15 is 0 Å². The zero-order chi connectivity index (χ0) is 23.0. The summed E-state index contributed by atoms with van der Waals surface area (Å²) >= 11 is 0. The van der Waals surface area contributed by atoms with Crippen LogP contribution in [0.3, 0.4) is 0 Å². The lowest BCUT2D eigenvalue weighted by atomic mass is 10.1. The number of nitrogens with two attached hydrogens (primary N) is 1. The summed E-state index contributed by atoms with van der Waals surface area (Å²) < 4.78 is 40.2. The average molecular weight is 443 g/mol. The molecule has 10 heteroatoms. The number of nitrogens with one attached hydrogen (secondary N) is 1. The summed E-state index contributed by atoms with van der Waals surface area (Å²) in [5, 5.41) is 2.37. The molecule has 0 radical (unpaired) electrons. The van der Waals surface area contributed by atoms with Crippen LogP contribution in [-0.4, -0.2) is 46.6 Å². The van der Waals surface area contributed by atoms with Crippen LogP contribution < -0.4 is 11.1 Å². The molecule has 2 aliphatic rings. The van der Waals surface area contributed by atoms with Crippen molar-refractivity contribution < 1.29 is 22.8 Å². The van der Waals surface area contributed by atoms with E-state index in [2.05, 4.69) is 10.3 Å². The van der Waals surface area contributed by atoms with Crippen molar-refractivity contribution in [2.24, 2.45) is 10.7 Å². The van der Waals surface area contributed by atoms with E-state index in [0.717, 1.165) is 5.56 Å². The molecular formula is C22H20F3N5O2. The van der Waals surface area contributed by atoms with E-state index in [1.54, 1.807) is 19.1 Å². The molecule has 2 aliphatic heterocycles. The highest BCUT2D eigenvalue weighted by atomic mass is 19.2. The van der Waals surface area contributed by atoms with E-state index < -0.39 is 23.5 Å². The molecule has 2 heterocycles. The summed E-state index contributed by atoms with van der Waals surface area (Å²) in [6.07, 6.45) is 1.28. The Morgan fingerprint density at radius 3 is 2.53 bits per heavy atom. The predicted molar refractivity (Wildman–Crippen MR) is 112 cm³/mol. The number of amides is 3. The predicted octanol–water partition coefficient (Wildman–Crippen LogP) is 3.24. The highest BCUT2D eigenvalue weighted by Gasteiger charge is 2.34. The molecule has 3 amide bonds. The van der Waals surface area contributed by atoms with E-state index in [-0.39, 0.29) is 30.7 Å². The quantitative estimate of drug-likeness (QED) is 0.714. The topological polar surface area (TPSA) is 91.0 Å². The second-order valence-corrected chi connectivity index (χ2v) is 7.55. The maximum Gasteiger partial charge on any atom is 0.322 e. The molecule has 2 aromatic rings. The number of fused-ring (bicyclic) bond motifs is 1. The molecule has 0 saturated carbocycles. The van der Waals surface area contributed by atoms with E-state index in [0.29, 0.717) is 35.6 Å². The average Bonchev–Trinajstić information content (AvgIpc) is 3.10. The molecule has 0 saturated heterocycles. The van der Waals surface area contributed by atoms with Gasteiger partial charge in [-0.3, -0.25) is 9.79 Å². The summed E-state index contributed by atoms with van der Waals surface area (Å²) in [5.41, 5.74) is 7.86. The molecular weight excluding hydrogens is 423 g/mol. The molecule has 0 fully saturated rings. The SMILES string of the molecule is C[C@H]1CN=C(C(=CN)N2Cc3ccccc3C2=O)CN1C(=O)Nc1cc(F)c(F)c(F)c1. The normalized spacial score (nSPS) is 18.5. The number of benzene rings is 2. The fraction of sp³-hybridized carbons (Fsp3) is 0.227. The highest BCUT2D eigenvalue weighted by molar-refractivity contribution is 6.10. The number of halogens is 3. The van der Waals surface area contributed by atoms with Gasteiger partial charge in [-0.2, -0.15) is 0 Å². The smallest absolute Gasteiger partial charge is 0.322 e. The van der Waals surface area contributed by atoms with Crippen molar-refractivity contribution in [1.29, 1.82) is 0 Å². The second-order valence-electron chi connectivity index (χ2n) is 7.55. The van der Waals surface area contributed by atoms with Gasteiger partial charge in [0.2, 0.25) is 0 Å². The number of nitrogens with zero attached hydrogens (tertiary/aromatic N) is 3. The zero-order valence-electron chi connectivity index (χ0n) is 17.1. The number of aliphatic imine (C=N–C) groups is 1. The van der Waals surface area contributed by atoms with Gasteiger partial charge in [0, 0.05) is 29.6 Å². The minimum atomic E-state index is -1.61. The van der Waals surface area contributed by atoms with Crippen LogP contribution in [0.1, 0.15) is 22.8 Å². The van der Waals surface area contributed by atoms with Crippen molar-refractivity contribution in [1.82, 2.24) is 9.80 Å². The van der Waals surface area contributed by atoms with Crippen LogP contribution in [0.25, 0.3) is 0 Å². The first kappa shape index (κ1) is 21.4. The van der Waals surface area contributed by atoms with Crippen LogP contribution in [0, 0.1) is 17.5 Å². The number of hydrogen-bond donors (Lipinski definition) is 2. The Morgan fingerprint density at radius 2 is 1.88 bits per heavy atom. The standard InChI is InChI=1S/C22H20F3N5O2/c1-12-9-27-18(19(8-26)30-10-13-4-2-3-5-15(13)21(30)31)11-29(12)22(32)28-14-6-16(23)20(25)17(24)7-14/h2-8,12H,9-11,26H2,1H3,(H,28,32)/t12-/m0/s1. The minimum absolute atomic E-state index is 0.0162. The van der Waals surface area contributed by atoms with Crippen molar-refractivity contribution in [2.75, 3.05) is 18.4 Å². The molecule has 0 aliphatic carbocycles. The fourth-order valence-corrected chi connectivity index (χ4v) is 3.76. The van der Waals surface area contributed by atoms with Gasteiger partial charge in [-0.15, -0.1) is 0 Å². The Morgan fingerprint density at radius 1 is 1.19 bits per heavy atom. The third-order valence-corrected chi connectivity index (χ3v) is 5.46. The van der Waals surface area contributed by atoms with Crippen LogP contribution in [-0.2, 0) is 6.54 Å². The molecule has 166 valence electrons. The molecule has 0 aromatic heterocycles. The molecule has 2 aromatic carbocycles. The first-order valence-corrected chi connectivity index (χ1v) is 9.87. The van der Waals surface area contributed by atoms with Crippen molar-refractivity contribution in [3.8, 4) is 0 Å². The van der Waals surface area contributed by atoms with Crippen LogP contribution in [0.15, 0.2) is 53.3 Å². The van der Waals surface area contributed by atoms with Crippen LogP contribution in [0.2, 0.25) is 0 Å². The van der Waals surface area contributed by atoms with Crippen molar-refractivity contribution in [3.05, 3.63) is 76.9 Å². The van der Waals surface area contributed by atoms with Crippen molar-refractivity contribution >= 4 is 23.3 Å². The number of urea groups is 1. The van der Waals surface area contributed by atoms with Gasteiger partial charge in [-0.05, 0) is 18.6 Å². The highest BCUT2D eigenvalue weighted by Crippen LogP contribution is 2.27. The molecule has 32 heavy (non-hydrogen) atoms. The summed E-state index contributed by atoms with van der Waals surface area (Å²) in [7, 11) is 0. The zero-order valence-corrected chi connectivity index (χ0v) is 17.1. The summed E-state index contributed by atoms with van der Waals surface area (Å²) in [6, 6.07) is 7.62. The van der Waals surface area contributed by atoms with Gasteiger partial charge in [0.05, 0.1) is 37.1 Å². The Hall–Kier alpha value is -3.82. The van der Waals surface area contributed by atoms with E-state index in [1.165, 1.54) is 16.0 Å². The molecule has 0 bridgehead atoms. The number of hydrogen-bond acceptors (Lipinski definition) is 4. The van der Waals surface area contributed by atoms with Gasteiger partial charge >= 0.3 is 6.03 Å². The number of rotatable bonds is 3. The van der Waals surface area contributed by atoms with E-state index in [1.807, 2.05) is 12.1 Å². The molecule has 7 nitrogen and oxygen atoms in total. The molecule has 0 unspecified atom stereocenters. The van der Waals surface area contributed by atoms with Crippen molar-refractivity contribution in [3.63, 3.8) is 0 Å². The maximum atomic E-state index is 13.5. The maximum absolute atomic E-state index is 13.5. The van der Waals surface area contributed by atoms with E-state index in [9.17, 15) is 22.8 Å². The van der Waals surface area contributed by atoms with Gasteiger partial charge in [0.15, 0.2) is 17.5 Å². The van der Waals surface area contributed by atoms with Crippen LogP contribution in [0.4, 0.5) is 23.7 Å². The fourth-order valence-electron chi connectivity index (χ4n) is 3.76. The van der Waals surface area contributed by atoms with Gasteiger partial charge in [0.1, 0.15) is 0 Å². The summed E-state index contributed by atoms with van der Waals surface area (Å²) in [6.45, 7) is 2.34. The lowest BCUT2D eigenvalue weighted by Gasteiger charge is -2.34. The van der Waals surface area contributed by atoms with Gasteiger partial charge in [0.25, 0.3) is 5.91 Å². The van der Waals surface area contributed by atoms with Gasteiger partial charge in [-0.1, -0.05) is 18.2 Å². The Balaban J connectivity index is 1.52. The molecule has 4 rings (SSSR count). The van der Waals surface area contributed by atoms with Crippen LogP contribution >= 0.6 is 0 Å². The minimum Gasteiger partial charge on any atom is -0.403 e. The third kappa shape index (κ3) is 3.79. The molecule has 0 spiro atoms. The number of anilines is 1. The first-order valence-electron chi connectivity index (χ1n) is 9.87. The number of carbonyl (C=O) groups excluding carboxylic acids is 2.